The molecule has 0 bridgehead atoms. The maximum atomic E-state index is 6.35. The lowest BCUT2D eigenvalue weighted by molar-refractivity contribution is -0.0970. The highest BCUT2D eigenvalue weighted by Gasteiger charge is 2.44. The van der Waals surface area contributed by atoms with Crippen LogP contribution >= 0.6 is 0 Å². The lowest BCUT2D eigenvalue weighted by atomic mass is 9.79. The van der Waals surface area contributed by atoms with Crippen LogP contribution in [0.15, 0.2) is 0 Å². The molecule has 1 heterocycles. The van der Waals surface area contributed by atoms with Gasteiger partial charge in [-0.25, -0.2) is 0 Å². The van der Waals surface area contributed by atoms with Crippen molar-refractivity contribution in [3.8, 4) is 0 Å². The minimum Gasteiger partial charge on any atom is -0.375 e. The summed E-state index contributed by atoms with van der Waals surface area (Å²) in [6.45, 7) is 0.963. The van der Waals surface area contributed by atoms with E-state index in [9.17, 15) is 0 Å². The smallest absolute Gasteiger partial charge is 0.0685 e. The van der Waals surface area contributed by atoms with Crippen LogP contribution in [-0.2, 0) is 4.74 Å². The summed E-state index contributed by atoms with van der Waals surface area (Å²) in [5.74, 6) is 1.61. The van der Waals surface area contributed by atoms with Crippen molar-refractivity contribution in [2.24, 2.45) is 17.6 Å². The Balaban J connectivity index is 1.64. The van der Waals surface area contributed by atoms with E-state index in [0.717, 1.165) is 18.4 Å². The first-order valence-electron chi connectivity index (χ1n) is 6.69. The molecule has 2 nitrogen and oxygen atoms in total. The van der Waals surface area contributed by atoms with E-state index in [1.54, 1.807) is 0 Å². The summed E-state index contributed by atoms with van der Waals surface area (Å²) in [6, 6.07) is 0.478. The average Bonchev–Trinajstić information content (AvgIpc) is 3.02. The minimum absolute atomic E-state index is 0.259. The third-order valence-electron chi connectivity index (χ3n) is 4.76. The minimum atomic E-state index is 0.259. The van der Waals surface area contributed by atoms with Gasteiger partial charge < -0.3 is 10.5 Å². The van der Waals surface area contributed by atoms with Crippen LogP contribution in [0.25, 0.3) is 0 Å². The third kappa shape index (κ3) is 1.94. The van der Waals surface area contributed by atoms with E-state index in [-0.39, 0.29) is 5.60 Å². The molecule has 86 valence electrons. The fourth-order valence-corrected chi connectivity index (χ4v) is 3.63. The summed E-state index contributed by atoms with van der Waals surface area (Å²) in [5, 5.41) is 0. The number of hydrogen-bond donors (Lipinski definition) is 1. The van der Waals surface area contributed by atoms with E-state index in [2.05, 4.69) is 0 Å². The summed E-state index contributed by atoms with van der Waals surface area (Å²) in [5.41, 5.74) is 6.61. The van der Waals surface area contributed by atoms with Crippen LogP contribution in [0.4, 0.5) is 0 Å². The second-order valence-corrected chi connectivity index (χ2v) is 5.91. The van der Waals surface area contributed by atoms with Gasteiger partial charge in [-0.2, -0.15) is 0 Å². The van der Waals surface area contributed by atoms with Crippen LogP contribution in [-0.4, -0.2) is 18.2 Å². The molecule has 0 radical (unpaired) electrons. The van der Waals surface area contributed by atoms with Gasteiger partial charge in [0.15, 0.2) is 0 Å². The molecule has 2 saturated carbocycles. The van der Waals surface area contributed by atoms with Gasteiger partial charge in [-0.3, -0.25) is 0 Å². The summed E-state index contributed by atoms with van der Waals surface area (Å²) < 4.78 is 6.05. The van der Waals surface area contributed by atoms with Crippen molar-refractivity contribution in [2.45, 2.75) is 63.0 Å². The number of ether oxygens (including phenoxy) is 1. The summed E-state index contributed by atoms with van der Waals surface area (Å²) in [4.78, 5) is 0. The van der Waals surface area contributed by atoms with Crippen LogP contribution in [0.2, 0.25) is 0 Å². The zero-order chi connectivity index (χ0) is 10.3. The maximum Gasteiger partial charge on any atom is 0.0685 e. The number of nitrogens with two attached hydrogens (primary N) is 1. The quantitative estimate of drug-likeness (QED) is 0.758. The third-order valence-corrected chi connectivity index (χ3v) is 4.76. The molecule has 3 rings (SSSR count). The number of rotatable bonds is 2. The average molecular weight is 209 g/mol. The van der Waals surface area contributed by atoms with Gasteiger partial charge >= 0.3 is 0 Å². The van der Waals surface area contributed by atoms with Crippen molar-refractivity contribution >= 4 is 0 Å². The Hall–Kier alpha value is -0.0800. The molecule has 1 aliphatic heterocycles. The van der Waals surface area contributed by atoms with Crippen LogP contribution in [0.1, 0.15) is 51.4 Å². The lowest BCUT2D eigenvalue weighted by Crippen LogP contribution is -2.44. The molecule has 1 saturated heterocycles. The second kappa shape index (κ2) is 3.74. The zero-order valence-electron chi connectivity index (χ0n) is 9.58. The van der Waals surface area contributed by atoms with Crippen molar-refractivity contribution in [1.82, 2.24) is 0 Å². The highest BCUT2D eigenvalue weighted by molar-refractivity contribution is 4.97. The van der Waals surface area contributed by atoms with Gasteiger partial charge in [0.2, 0.25) is 0 Å². The lowest BCUT2D eigenvalue weighted by Gasteiger charge is -2.40. The van der Waals surface area contributed by atoms with E-state index < -0.39 is 0 Å². The van der Waals surface area contributed by atoms with Gasteiger partial charge in [-0.1, -0.05) is 12.8 Å². The Kier molecular flexibility index (Phi) is 2.52. The Morgan fingerprint density at radius 1 is 1.07 bits per heavy atom. The summed E-state index contributed by atoms with van der Waals surface area (Å²) in [7, 11) is 0. The molecule has 0 aromatic rings. The highest BCUT2D eigenvalue weighted by atomic mass is 16.5. The van der Waals surface area contributed by atoms with E-state index in [0.29, 0.717) is 6.04 Å². The summed E-state index contributed by atoms with van der Waals surface area (Å²) >= 11 is 0. The second-order valence-electron chi connectivity index (χ2n) is 5.91. The molecule has 2 heteroatoms. The maximum absolute atomic E-state index is 6.35. The molecule has 3 fully saturated rings. The Labute approximate surface area is 92.6 Å². The van der Waals surface area contributed by atoms with Gasteiger partial charge in [0.25, 0.3) is 0 Å². The first kappa shape index (κ1) is 10.1. The first-order chi connectivity index (χ1) is 7.29. The van der Waals surface area contributed by atoms with E-state index in [1.165, 1.54) is 51.4 Å². The van der Waals surface area contributed by atoms with Crippen molar-refractivity contribution in [3.05, 3.63) is 0 Å². The van der Waals surface area contributed by atoms with Gasteiger partial charge in [0.05, 0.1) is 5.60 Å². The van der Waals surface area contributed by atoms with Crippen LogP contribution < -0.4 is 5.73 Å². The van der Waals surface area contributed by atoms with Crippen molar-refractivity contribution in [2.75, 3.05) is 6.61 Å². The molecular weight excluding hydrogens is 186 g/mol. The van der Waals surface area contributed by atoms with Crippen molar-refractivity contribution in [1.29, 1.82) is 0 Å². The van der Waals surface area contributed by atoms with Gasteiger partial charge in [-0.15, -0.1) is 0 Å². The molecule has 0 aromatic heterocycles. The van der Waals surface area contributed by atoms with Gasteiger partial charge in [-0.05, 0) is 50.4 Å². The normalized spacial score (nSPS) is 37.0. The van der Waals surface area contributed by atoms with Crippen molar-refractivity contribution in [3.63, 3.8) is 0 Å². The zero-order valence-corrected chi connectivity index (χ0v) is 9.58. The van der Waals surface area contributed by atoms with E-state index in [1.807, 2.05) is 0 Å². The monoisotopic (exact) mass is 209 g/mol. The SMILES string of the molecule is NC(C1CC1)C1CCOC2(CCCC2)C1. The molecule has 0 amide bonds. The molecule has 0 aromatic carbocycles. The fourth-order valence-electron chi connectivity index (χ4n) is 3.63. The molecule has 15 heavy (non-hydrogen) atoms. The van der Waals surface area contributed by atoms with Gasteiger partial charge in [0.1, 0.15) is 0 Å². The van der Waals surface area contributed by atoms with Crippen molar-refractivity contribution < 1.29 is 4.74 Å². The Morgan fingerprint density at radius 3 is 2.47 bits per heavy atom. The Morgan fingerprint density at radius 2 is 1.80 bits per heavy atom. The van der Waals surface area contributed by atoms with E-state index >= 15 is 0 Å². The first-order valence-corrected chi connectivity index (χ1v) is 6.69. The molecule has 2 N–H and O–H groups in total. The number of hydrogen-bond acceptors (Lipinski definition) is 2. The molecule has 2 aliphatic carbocycles. The molecule has 2 atom stereocenters. The largest absolute Gasteiger partial charge is 0.375 e. The predicted octanol–water partition coefficient (Wildman–Crippen LogP) is 2.46. The van der Waals surface area contributed by atoms with E-state index in [4.69, 9.17) is 10.5 Å². The Bertz CT molecular complexity index is 231. The molecule has 3 aliphatic rings. The topological polar surface area (TPSA) is 35.2 Å². The molecule has 2 unspecified atom stereocenters. The highest BCUT2D eigenvalue weighted by Crippen LogP contribution is 2.45. The summed E-state index contributed by atoms with van der Waals surface area (Å²) in [6.07, 6.45) is 10.5. The van der Waals surface area contributed by atoms with Crippen LogP contribution in [0, 0.1) is 11.8 Å². The standard InChI is InChI=1S/C13H23NO/c14-12(10-3-4-10)11-5-8-15-13(9-11)6-1-2-7-13/h10-12H,1-9,14H2. The fraction of sp³-hybridized carbons (Fsp3) is 1.00. The van der Waals surface area contributed by atoms with Gasteiger partial charge in [0, 0.05) is 12.6 Å². The molecule has 1 spiro atoms. The molecular formula is C13H23NO. The predicted molar refractivity (Wildman–Crippen MR) is 60.6 cm³/mol. The van der Waals surface area contributed by atoms with Crippen LogP contribution in [0.5, 0.6) is 0 Å². The van der Waals surface area contributed by atoms with Crippen LogP contribution in [0.3, 0.4) is 0 Å².